The number of ether oxygens (including phenoxy) is 1. The summed E-state index contributed by atoms with van der Waals surface area (Å²) in [5.41, 5.74) is 7.46. The van der Waals surface area contributed by atoms with Crippen LogP contribution in [-0.4, -0.2) is 7.11 Å². The second-order valence-electron chi connectivity index (χ2n) is 4.31. The number of hydrogen-bond donors (Lipinski definition) is 1. The highest BCUT2D eigenvalue weighted by Gasteiger charge is 2.24. The Kier molecular flexibility index (Phi) is 3.27. The molecule has 0 aromatic heterocycles. The molecule has 2 N–H and O–H groups in total. The quantitative estimate of drug-likeness (QED) is 0.823. The lowest BCUT2D eigenvalue weighted by Gasteiger charge is -2.21. The molecular weight excluding hydrogens is 186 g/mol. The normalized spacial score (nSPS) is 19.1. The highest BCUT2D eigenvalue weighted by Crippen LogP contribution is 2.37. The van der Waals surface area contributed by atoms with Gasteiger partial charge in [-0.05, 0) is 24.8 Å². The maximum Gasteiger partial charge on any atom is 0.123 e. The minimum atomic E-state index is 0.142. The molecule has 2 rings (SSSR count). The van der Waals surface area contributed by atoms with Gasteiger partial charge in [0.2, 0.25) is 0 Å². The molecule has 2 heteroatoms. The second-order valence-corrected chi connectivity index (χ2v) is 4.31. The Balaban J connectivity index is 2.19. The zero-order valence-corrected chi connectivity index (χ0v) is 9.28. The molecule has 0 aliphatic heterocycles. The highest BCUT2D eigenvalue weighted by molar-refractivity contribution is 5.36. The molecule has 0 spiro atoms. The summed E-state index contributed by atoms with van der Waals surface area (Å²) in [5.74, 6) is 1.57. The van der Waals surface area contributed by atoms with Crippen LogP contribution < -0.4 is 10.5 Å². The molecule has 2 nitrogen and oxygen atoms in total. The zero-order valence-electron chi connectivity index (χ0n) is 9.28. The molecule has 0 amide bonds. The SMILES string of the molecule is COc1ccccc1[C@H](N)C1CCCC1. The van der Waals surface area contributed by atoms with E-state index in [9.17, 15) is 0 Å². The number of hydrogen-bond acceptors (Lipinski definition) is 2. The number of methoxy groups -OCH3 is 1. The third kappa shape index (κ3) is 2.15. The first-order chi connectivity index (χ1) is 7.33. The Morgan fingerprint density at radius 2 is 1.93 bits per heavy atom. The molecule has 0 saturated heterocycles. The summed E-state index contributed by atoms with van der Waals surface area (Å²) in [7, 11) is 1.71. The van der Waals surface area contributed by atoms with Crippen molar-refractivity contribution in [3.05, 3.63) is 29.8 Å². The maximum atomic E-state index is 6.30. The summed E-state index contributed by atoms with van der Waals surface area (Å²) in [6, 6.07) is 8.24. The lowest BCUT2D eigenvalue weighted by Crippen LogP contribution is -2.19. The van der Waals surface area contributed by atoms with Crippen molar-refractivity contribution in [1.29, 1.82) is 0 Å². The van der Waals surface area contributed by atoms with E-state index in [1.54, 1.807) is 7.11 Å². The van der Waals surface area contributed by atoms with Crippen LogP contribution in [0.4, 0.5) is 0 Å². The first-order valence-corrected chi connectivity index (χ1v) is 5.71. The van der Waals surface area contributed by atoms with Crippen LogP contribution in [0, 0.1) is 5.92 Å². The van der Waals surface area contributed by atoms with E-state index in [1.807, 2.05) is 18.2 Å². The van der Waals surface area contributed by atoms with Crippen molar-refractivity contribution in [2.45, 2.75) is 31.7 Å². The van der Waals surface area contributed by atoms with Crippen LogP contribution in [0.5, 0.6) is 5.75 Å². The maximum absolute atomic E-state index is 6.30. The first-order valence-electron chi connectivity index (χ1n) is 5.71. The van der Waals surface area contributed by atoms with Gasteiger partial charge in [-0.3, -0.25) is 0 Å². The van der Waals surface area contributed by atoms with Gasteiger partial charge in [-0.2, -0.15) is 0 Å². The lowest BCUT2D eigenvalue weighted by molar-refractivity contribution is 0.385. The van der Waals surface area contributed by atoms with Gasteiger partial charge >= 0.3 is 0 Å². The van der Waals surface area contributed by atoms with Crippen molar-refractivity contribution in [3.8, 4) is 5.75 Å². The van der Waals surface area contributed by atoms with Gasteiger partial charge in [0.1, 0.15) is 5.75 Å². The summed E-state index contributed by atoms with van der Waals surface area (Å²) < 4.78 is 5.35. The minimum absolute atomic E-state index is 0.142. The van der Waals surface area contributed by atoms with E-state index in [2.05, 4.69) is 6.07 Å². The summed E-state index contributed by atoms with van der Waals surface area (Å²) in [5, 5.41) is 0. The van der Waals surface area contributed by atoms with Gasteiger partial charge in [0.15, 0.2) is 0 Å². The van der Waals surface area contributed by atoms with Crippen molar-refractivity contribution >= 4 is 0 Å². The molecule has 0 heterocycles. The molecule has 1 saturated carbocycles. The fraction of sp³-hybridized carbons (Fsp3) is 0.538. The Morgan fingerprint density at radius 3 is 2.60 bits per heavy atom. The van der Waals surface area contributed by atoms with Gasteiger partial charge in [-0.15, -0.1) is 0 Å². The third-order valence-corrected chi connectivity index (χ3v) is 3.41. The van der Waals surface area contributed by atoms with Gasteiger partial charge in [-0.1, -0.05) is 31.0 Å². The van der Waals surface area contributed by atoms with Crippen LogP contribution >= 0.6 is 0 Å². The number of benzene rings is 1. The molecule has 0 bridgehead atoms. The van der Waals surface area contributed by atoms with Gasteiger partial charge in [0, 0.05) is 11.6 Å². The molecule has 1 aromatic rings. The van der Waals surface area contributed by atoms with E-state index in [0.29, 0.717) is 5.92 Å². The predicted molar refractivity (Wildman–Crippen MR) is 61.9 cm³/mol. The Labute approximate surface area is 91.4 Å². The van der Waals surface area contributed by atoms with Crippen molar-refractivity contribution < 1.29 is 4.74 Å². The number of nitrogens with two attached hydrogens (primary N) is 1. The van der Waals surface area contributed by atoms with Crippen molar-refractivity contribution in [2.75, 3.05) is 7.11 Å². The van der Waals surface area contributed by atoms with Crippen LogP contribution in [0.1, 0.15) is 37.3 Å². The second kappa shape index (κ2) is 4.67. The lowest BCUT2D eigenvalue weighted by atomic mass is 9.92. The Bertz CT molecular complexity index is 318. The molecule has 1 atom stereocenters. The Morgan fingerprint density at radius 1 is 1.27 bits per heavy atom. The van der Waals surface area contributed by atoms with E-state index in [1.165, 1.54) is 25.7 Å². The van der Waals surface area contributed by atoms with Gasteiger partial charge in [-0.25, -0.2) is 0 Å². The van der Waals surface area contributed by atoms with Crippen LogP contribution in [0.3, 0.4) is 0 Å². The van der Waals surface area contributed by atoms with Crippen LogP contribution in [0.25, 0.3) is 0 Å². The summed E-state index contributed by atoms with van der Waals surface area (Å²) in [6.45, 7) is 0. The first kappa shape index (κ1) is 10.5. The highest BCUT2D eigenvalue weighted by atomic mass is 16.5. The number of rotatable bonds is 3. The number of para-hydroxylation sites is 1. The Hall–Kier alpha value is -1.02. The molecule has 0 unspecified atom stereocenters. The van der Waals surface area contributed by atoms with Gasteiger partial charge in [0.25, 0.3) is 0 Å². The zero-order chi connectivity index (χ0) is 10.7. The van der Waals surface area contributed by atoms with Crippen LogP contribution in [0.2, 0.25) is 0 Å². The molecule has 15 heavy (non-hydrogen) atoms. The van der Waals surface area contributed by atoms with Crippen molar-refractivity contribution in [2.24, 2.45) is 11.7 Å². The van der Waals surface area contributed by atoms with Crippen LogP contribution in [0.15, 0.2) is 24.3 Å². The standard InChI is InChI=1S/C13H19NO/c1-15-12-9-5-4-8-11(12)13(14)10-6-2-3-7-10/h4-5,8-10,13H,2-3,6-7,14H2,1H3/t13-/m1/s1. The topological polar surface area (TPSA) is 35.2 Å². The predicted octanol–water partition coefficient (Wildman–Crippen LogP) is 2.89. The monoisotopic (exact) mass is 205 g/mol. The summed E-state index contributed by atoms with van der Waals surface area (Å²) >= 11 is 0. The fourth-order valence-electron chi connectivity index (χ4n) is 2.51. The molecule has 1 aromatic carbocycles. The smallest absolute Gasteiger partial charge is 0.123 e. The average molecular weight is 205 g/mol. The molecule has 1 fully saturated rings. The van der Waals surface area contributed by atoms with Gasteiger partial charge in [0.05, 0.1) is 7.11 Å². The molecule has 1 aliphatic carbocycles. The summed E-state index contributed by atoms with van der Waals surface area (Å²) in [4.78, 5) is 0. The molecule has 0 radical (unpaired) electrons. The average Bonchev–Trinajstić information content (AvgIpc) is 2.81. The fourth-order valence-corrected chi connectivity index (χ4v) is 2.51. The van der Waals surface area contributed by atoms with E-state index in [4.69, 9.17) is 10.5 Å². The molecule has 1 aliphatic rings. The molecular formula is C13H19NO. The van der Waals surface area contributed by atoms with E-state index in [-0.39, 0.29) is 6.04 Å². The minimum Gasteiger partial charge on any atom is -0.496 e. The van der Waals surface area contributed by atoms with E-state index < -0.39 is 0 Å². The van der Waals surface area contributed by atoms with Gasteiger partial charge < -0.3 is 10.5 Å². The van der Waals surface area contributed by atoms with Crippen LogP contribution in [-0.2, 0) is 0 Å². The largest absolute Gasteiger partial charge is 0.496 e. The summed E-state index contributed by atoms with van der Waals surface area (Å²) in [6.07, 6.45) is 5.18. The van der Waals surface area contributed by atoms with E-state index >= 15 is 0 Å². The molecule has 82 valence electrons. The van der Waals surface area contributed by atoms with Crippen molar-refractivity contribution in [3.63, 3.8) is 0 Å². The third-order valence-electron chi connectivity index (χ3n) is 3.41. The van der Waals surface area contributed by atoms with E-state index in [0.717, 1.165) is 11.3 Å². The van der Waals surface area contributed by atoms with Crippen molar-refractivity contribution in [1.82, 2.24) is 0 Å².